The van der Waals surface area contributed by atoms with Crippen molar-refractivity contribution in [3.8, 4) is 18.0 Å². The molecule has 11 heteroatoms. The number of benzene rings is 1. The third kappa shape index (κ3) is 2.88. The van der Waals surface area contributed by atoms with E-state index in [4.69, 9.17) is 33.1 Å². The lowest BCUT2D eigenvalue weighted by Crippen LogP contribution is -2.33. The van der Waals surface area contributed by atoms with Crippen molar-refractivity contribution in [3.63, 3.8) is 0 Å². The number of nitrogens with one attached hydrogen (secondary N) is 2. The summed E-state index contributed by atoms with van der Waals surface area (Å²) < 4.78 is 20.0. The fourth-order valence-electron chi connectivity index (χ4n) is 2.75. The van der Waals surface area contributed by atoms with Crippen LogP contribution in [0.3, 0.4) is 0 Å². The molecule has 0 fully saturated rings. The molecule has 0 saturated carbocycles. The topological polar surface area (TPSA) is 158 Å². The number of guanidine groups is 1. The van der Waals surface area contributed by atoms with Crippen LogP contribution in [-0.2, 0) is 0 Å². The number of nitrogen functional groups attached to an aromatic ring is 2. The van der Waals surface area contributed by atoms with E-state index in [9.17, 15) is 9.65 Å². The third-order valence-corrected chi connectivity index (χ3v) is 4.23. The molecule has 0 amide bonds. The van der Waals surface area contributed by atoms with E-state index in [0.29, 0.717) is 0 Å². The molecule has 2 aromatic rings. The van der Waals surface area contributed by atoms with E-state index in [0.717, 1.165) is 0 Å². The van der Waals surface area contributed by atoms with Crippen LogP contribution in [0.4, 0.5) is 21.7 Å². The van der Waals surface area contributed by atoms with Crippen molar-refractivity contribution in [1.29, 1.82) is 10.5 Å². The number of nitrogens with two attached hydrogens (primary N) is 2. The van der Waals surface area contributed by atoms with Crippen molar-refractivity contribution >= 4 is 34.9 Å². The third-order valence-electron chi connectivity index (χ3n) is 3.94. The number of ether oxygens (including phenoxy) is 1. The number of hydrogen-bond donors (Lipinski definition) is 4. The fraction of sp³-hybridized carbons (Fsp3) is 0.125. The number of rotatable bonds is 2. The number of aliphatic imine (C=N–C) groups is 1. The van der Waals surface area contributed by atoms with Gasteiger partial charge in [0.15, 0.2) is 17.8 Å². The van der Waals surface area contributed by atoms with E-state index in [2.05, 4.69) is 20.6 Å². The maximum Gasteiger partial charge on any atom is 0.211 e. The van der Waals surface area contributed by atoms with Crippen molar-refractivity contribution in [2.45, 2.75) is 6.04 Å². The Balaban J connectivity index is 2.31. The van der Waals surface area contributed by atoms with Gasteiger partial charge in [-0.05, 0) is 6.07 Å². The lowest BCUT2D eigenvalue weighted by Gasteiger charge is -2.26. The molecule has 1 aliphatic heterocycles. The molecule has 1 aromatic heterocycles. The zero-order valence-electron chi connectivity index (χ0n) is 13.8. The number of halogens is 2. The highest BCUT2D eigenvalue weighted by molar-refractivity contribution is 6.32. The summed E-state index contributed by atoms with van der Waals surface area (Å²) in [5, 5.41) is 23.3. The molecule has 0 spiro atoms. The zero-order chi connectivity index (χ0) is 19.7. The molecule has 27 heavy (non-hydrogen) atoms. The van der Waals surface area contributed by atoms with Crippen LogP contribution < -0.4 is 26.8 Å². The van der Waals surface area contributed by atoms with Crippen molar-refractivity contribution < 1.29 is 9.13 Å². The van der Waals surface area contributed by atoms with Gasteiger partial charge in [0.05, 0.1) is 17.8 Å². The number of hydrogen-bond acceptors (Lipinski definition) is 9. The van der Waals surface area contributed by atoms with Gasteiger partial charge in [-0.15, -0.1) is 0 Å². The standard InChI is InChI=1S/C16H12ClFN8O/c1-27-13-8(17)3-2-6(10(13)18)12-9-11(21)7(4-19)14(22)25-15(9)26-16(24-12)23-5-20/h2-3,12H,1H3,(H6,21,22,23,24,25,26). The van der Waals surface area contributed by atoms with E-state index in [1.807, 2.05) is 6.07 Å². The molecule has 1 aromatic carbocycles. The van der Waals surface area contributed by atoms with E-state index < -0.39 is 11.9 Å². The Labute approximate surface area is 158 Å². The largest absolute Gasteiger partial charge is 0.492 e. The van der Waals surface area contributed by atoms with Crippen molar-refractivity contribution in [1.82, 2.24) is 10.3 Å². The second-order valence-corrected chi connectivity index (χ2v) is 5.79. The van der Waals surface area contributed by atoms with Crippen molar-refractivity contribution in [2.24, 2.45) is 4.99 Å². The van der Waals surface area contributed by atoms with Crippen molar-refractivity contribution in [2.75, 3.05) is 23.9 Å². The van der Waals surface area contributed by atoms with E-state index in [-0.39, 0.29) is 50.7 Å². The molecule has 0 bridgehead atoms. The highest BCUT2D eigenvalue weighted by Gasteiger charge is 2.32. The average Bonchev–Trinajstić information content (AvgIpc) is 2.62. The molecule has 0 aliphatic carbocycles. The molecule has 2 heterocycles. The monoisotopic (exact) mass is 386 g/mol. The Bertz CT molecular complexity index is 1060. The number of methoxy groups -OCH3 is 1. The number of aromatic nitrogens is 1. The maximum absolute atomic E-state index is 15.0. The summed E-state index contributed by atoms with van der Waals surface area (Å²) in [6.07, 6.45) is 1.71. The first-order valence-corrected chi connectivity index (χ1v) is 7.81. The molecule has 0 radical (unpaired) electrons. The summed E-state index contributed by atoms with van der Waals surface area (Å²) in [5.74, 6) is -0.860. The Morgan fingerprint density at radius 2 is 2.11 bits per heavy atom. The number of anilines is 3. The minimum Gasteiger partial charge on any atom is -0.492 e. The first-order valence-electron chi connectivity index (χ1n) is 7.43. The first kappa shape index (κ1) is 18.0. The summed E-state index contributed by atoms with van der Waals surface area (Å²) in [4.78, 5) is 8.38. The second-order valence-electron chi connectivity index (χ2n) is 5.39. The van der Waals surface area contributed by atoms with Crippen LogP contribution in [-0.4, -0.2) is 18.1 Å². The molecular weight excluding hydrogens is 375 g/mol. The Morgan fingerprint density at radius 3 is 2.74 bits per heavy atom. The number of fused-ring (bicyclic) bond motifs is 1. The van der Waals surface area contributed by atoms with Crippen LogP contribution in [0.1, 0.15) is 22.7 Å². The lowest BCUT2D eigenvalue weighted by molar-refractivity contribution is 0.383. The van der Waals surface area contributed by atoms with Gasteiger partial charge < -0.3 is 21.5 Å². The molecule has 136 valence electrons. The second kappa shape index (κ2) is 6.86. The summed E-state index contributed by atoms with van der Waals surface area (Å²) in [6, 6.07) is 3.70. The summed E-state index contributed by atoms with van der Waals surface area (Å²) in [7, 11) is 1.28. The zero-order valence-corrected chi connectivity index (χ0v) is 14.6. The van der Waals surface area contributed by atoms with Crippen LogP contribution >= 0.6 is 11.6 Å². The van der Waals surface area contributed by atoms with Gasteiger partial charge in [-0.1, -0.05) is 17.7 Å². The number of nitriles is 2. The number of pyridine rings is 1. The molecule has 3 rings (SSSR count). The average molecular weight is 387 g/mol. The maximum atomic E-state index is 15.0. The molecule has 6 N–H and O–H groups in total. The first-order chi connectivity index (χ1) is 12.9. The normalized spacial score (nSPS) is 14.9. The fourth-order valence-corrected chi connectivity index (χ4v) is 2.98. The molecule has 1 atom stereocenters. The van der Waals surface area contributed by atoms with Gasteiger partial charge in [0.2, 0.25) is 5.96 Å². The highest BCUT2D eigenvalue weighted by Crippen LogP contribution is 2.43. The predicted octanol–water partition coefficient (Wildman–Crippen LogP) is 1.86. The molecule has 1 unspecified atom stereocenters. The van der Waals surface area contributed by atoms with Crippen LogP contribution in [0, 0.1) is 28.6 Å². The van der Waals surface area contributed by atoms with Crippen molar-refractivity contribution in [3.05, 3.63) is 39.7 Å². The SMILES string of the molecule is COc1c(Cl)ccc(C2N=C(NC#N)Nc3nc(N)c(C#N)c(N)c32)c1F. The number of nitrogens with zero attached hydrogens (tertiary/aromatic N) is 4. The molecule has 0 saturated heterocycles. The van der Waals surface area contributed by atoms with Gasteiger partial charge in [0, 0.05) is 11.1 Å². The van der Waals surface area contributed by atoms with E-state index in [1.54, 1.807) is 6.19 Å². The predicted molar refractivity (Wildman–Crippen MR) is 97.4 cm³/mol. The van der Waals surface area contributed by atoms with Gasteiger partial charge in [0.25, 0.3) is 0 Å². The van der Waals surface area contributed by atoms with Crippen LogP contribution in [0.2, 0.25) is 5.02 Å². The van der Waals surface area contributed by atoms with Crippen LogP contribution in [0.25, 0.3) is 0 Å². The smallest absolute Gasteiger partial charge is 0.211 e. The van der Waals surface area contributed by atoms with Gasteiger partial charge in [-0.3, -0.25) is 5.32 Å². The molecular formula is C16H12ClFN8O. The van der Waals surface area contributed by atoms with Gasteiger partial charge in [0.1, 0.15) is 29.3 Å². The van der Waals surface area contributed by atoms with Gasteiger partial charge >= 0.3 is 0 Å². The Morgan fingerprint density at radius 1 is 1.37 bits per heavy atom. The van der Waals surface area contributed by atoms with E-state index >= 15 is 0 Å². The summed E-state index contributed by atoms with van der Waals surface area (Å²) in [6.45, 7) is 0. The van der Waals surface area contributed by atoms with Gasteiger partial charge in [-0.2, -0.15) is 10.5 Å². The highest BCUT2D eigenvalue weighted by atomic mass is 35.5. The Kier molecular flexibility index (Phi) is 4.59. The molecule has 9 nitrogen and oxygen atoms in total. The summed E-state index contributed by atoms with van der Waals surface area (Å²) in [5.41, 5.74) is 12.1. The summed E-state index contributed by atoms with van der Waals surface area (Å²) >= 11 is 5.95. The van der Waals surface area contributed by atoms with Crippen LogP contribution in [0.5, 0.6) is 5.75 Å². The van der Waals surface area contributed by atoms with Crippen LogP contribution in [0.15, 0.2) is 17.1 Å². The van der Waals surface area contributed by atoms with Gasteiger partial charge in [-0.25, -0.2) is 14.4 Å². The minimum atomic E-state index is -1.02. The Hall–Kier alpha value is -3.76. The van der Waals surface area contributed by atoms with E-state index in [1.165, 1.54) is 19.2 Å². The molecule has 1 aliphatic rings. The minimum absolute atomic E-state index is 0.00516. The lowest BCUT2D eigenvalue weighted by atomic mass is 9.94. The quantitative estimate of drug-likeness (QED) is 0.449.